The molecular formula is C13H17ClFNO3S. The molecule has 0 aromatic heterocycles. The van der Waals surface area contributed by atoms with Crippen LogP contribution in [0.5, 0.6) is 0 Å². The summed E-state index contributed by atoms with van der Waals surface area (Å²) in [7, 11) is -4.00. The molecule has 2 rings (SSSR count). The maximum Gasteiger partial charge on any atom is 0.243 e. The summed E-state index contributed by atoms with van der Waals surface area (Å²) in [6.45, 7) is 0. The summed E-state index contributed by atoms with van der Waals surface area (Å²) < 4.78 is 40.5. The molecule has 0 amide bonds. The van der Waals surface area contributed by atoms with E-state index in [1.807, 2.05) is 0 Å². The lowest BCUT2D eigenvalue weighted by Gasteiger charge is -2.21. The van der Waals surface area contributed by atoms with Crippen LogP contribution in [0, 0.1) is 5.82 Å². The lowest BCUT2D eigenvalue weighted by Crippen LogP contribution is -2.42. The minimum absolute atomic E-state index is 0.135. The highest BCUT2D eigenvalue weighted by Gasteiger charge is 2.28. The van der Waals surface area contributed by atoms with E-state index in [9.17, 15) is 17.9 Å². The summed E-state index contributed by atoms with van der Waals surface area (Å²) in [5, 5.41) is 10.1. The molecule has 2 atom stereocenters. The van der Waals surface area contributed by atoms with Crippen LogP contribution in [0.1, 0.15) is 32.1 Å². The molecule has 112 valence electrons. The van der Waals surface area contributed by atoms with Gasteiger partial charge in [-0.05, 0) is 31.0 Å². The zero-order valence-electron chi connectivity index (χ0n) is 10.9. The number of aliphatic hydroxyl groups excluding tert-OH is 1. The van der Waals surface area contributed by atoms with Crippen LogP contribution in [-0.4, -0.2) is 25.7 Å². The van der Waals surface area contributed by atoms with Gasteiger partial charge in [0.1, 0.15) is 10.7 Å². The van der Waals surface area contributed by atoms with E-state index in [2.05, 4.69) is 4.72 Å². The van der Waals surface area contributed by atoms with Crippen LogP contribution in [0.4, 0.5) is 4.39 Å². The van der Waals surface area contributed by atoms with Crippen LogP contribution in [0.3, 0.4) is 0 Å². The van der Waals surface area contributed by atoms with Crippen LogP contribution in [0.2, 0.25) is 5.02 Å². The molecule has 0 heterocycles. The Morgan fingerprint density at radius 3 is 2.65 bits per heavy atom. The average Bonchev–Trinajstić information content (AvgIpc) is 2.54. The monoisotopic (exact) mass is 321 g/mol. The molecule has 4 nitrogen and oxygen atoms in total. The Bertz CT molecular complexity index is 579. The molecule has 1 fully saturated rings. The maximum atomic E-state index is 13.7. The quantitative estimate of drug-likeness (QED) is 0.840. The molecule has 1 saturated carbocycles. The van der Waals surface area contributed by atoms with Gasteiger partial charge in [-0.3, -0.25) is 0 Å². The van der Waals surface area contributed by atoms with Gasteiger partial charge in [0.2, 0.25) is 10.0 Å². The lowest BCUT2D eigenvalue weighted by molar-refractivity contribution is 0.130. The molecule has 1 aromatic rings. The zero-order chi connectivity index (χ0) is 14.8. The molecule has 2 N–H and O–H groups in total. The number of halogens is 2. The summed E-state index contributed by atoms with van der Waals surface area (Å²) in [6.07, 6.45) is 3.04. The fourth-order valence-corrected chi connectivity index (χ4v) is 3.90. The number of benzene rings is 1. The van der Waals surface area contributed by atoms with Gasteiger partial charge in [-0.15, -0.1) is 0 Å². The molecule has 20 heavy (non-hydrogen) atoms. The lowest BCUT2D eigenvalue weighted by atomic mass is 10.1. The Kier molecular flexibility index (Phi) is 5.01. The van der Waals surface area contributed by atoms with Crippen molar-refractivity contribution in [1.82, 2.24) is 4.72 Å². The Morgan fingerprint density at radius 2 is 1.95 bits per heavy atom. The second kappa shape index (κ2) is 6.39. The largest absolute Gasteiger partial charge is 0.391 e. The molecule has 1 aromatic carbocycles. The second-order valence-corrected chi connectivity index (χ2v) is 7.13. The molecule has 0 bridgehead atoms. The number of aliphatic hydroxyl groups is 1. The van der Waals surface area contributed by atoms with Crippen molar-refractivity contribution >= 4 is 21.6 Å². The maximum absolute atomic E-state index is 13.7. The normalized spacial score (nSPS) is 24.4. The number of hydrogen-bond donors (Lipinski definition) is 2. The molecule has 0 saturated heterocycles. The second-order valence-electron chi connectivity index (χ2n) is 5.01. The van der Waals surface area contributed by atoms with E-state index in [1.165, 1.54) is 6.07 Å². The Labute approximate surface area is 123 Å². The summed E-state index contributed by atoms with van der Waals surface area (Å²) in [5.41, 5.74) is 0. The van der Waals surface area contributed by atoms with Crippen LogP contribution in [-0.2, 0) is 10.0 Å². The highest BCUT2D eigenvalue weighted by molar-refractivity contribution is 7.89. The standard InChI is InChI=1S/C13H17ClFNO3S/c14-9-6-7-13(10(15)8-9)20(18,19)16-11-4-2-1-3-5-12(11)17/h6-8,11-12,16-17H,1-5H2. The Hall–Kier alpha value is -0.690. The zero-order valence-corrected chi connectivity index (χ0v) is 12.4. The first kappa shape index (κ1) is 15.7. The van der Waals surface area contributed by atoms with Crippen molar-refractivity contribution in [2.45, 2.75) is 49.1 Å². The first-order valence-electron chi connectivity index (χ1n) is 6.55. The van der Waals surface area contributed by atoms with Crippen molar-refractivity contribution in [2.24, 2.45) is 0 Å². The van der Waals surface area contributed by atoms with Crippen molar-refractivity contribution in [2.75, 3.05) is 0 Å². The van der Waals surface area contributed by atoms with Gasteiger partial charge in [0.15, 0.2) is 0 Å². The van der Waals surface area contributed by atoms with E-state index in [0.29, 0.717) is 12.8 Å². The van der Waals surface area contributed by atoms with Crippen molar-refractivity contribution in [3.05, 3.63) is 29.0 Å². The molecule has 0 radical (unpaired) electrons. The summed E-state index contributed by atoms with van der Waals surface area (Å²) in [4.78, 5) is -0.446. The third-order valence-corrected chi connectivity index (χ3v) is 5.23. The minimum atomic E-state index is -4.00. The summed E-state index contributed by atoms with van der Waals surface area (Å²) in [6, 6.07) is 2.84. The number of nitrogens with one attached hydrogen (secondary N) is 1. The van der Waals surface area contributed by atoms with E-state index in [4.69, 9.17) is 11.6 Å². The van der Waals surface area contributed by atoms with E-state index in [1.54, 1.807) is 0 Å². The predicted molar refractivity (Wildman–Crippen MR) is 74.6 cm³/mol. The van der Waals surface area contributed by atoms with Gasteiger partial charge in [0, 0.05) is 11.1 Å². The van der Waals surface area contributed by atoms with E-state index < -0.39 is 32.9 Å². The van der Waals surface area contributed by atoms with Gasteiger partial charge in [0.05, 0.1) is 6.10 Å². The summed E-state index contributed by atoms with van der Waals surface area (Å²) in [5.74, 6) is -0.895. The SMILES string of the molecule is O=S(=O)(NC1CCCCCC1O)c1ccc(Cl)cc1F. The van der Waals surface area contributed by atoms with Gasteiger partial charge in [0.25, 0.3) is 0 Å². The van der Waals surface area contributed by atoms with Crippen LogP contribution in [0.25, 0.3) is 0 Å². The van der Waals surface area contributed by atoms with Gasteiger partial charge in [-0.25, -0.2) is 17.5 Å². The third-order valence-electron chi connectivity index (χ3n) is 3.47. The summed E-state index contributed by atoms with van der Waals surface area (Å²) >= 11 is 5.61. The van der Waals surface area contributed by atoms with E-state index >= 15 is 0 Å². The van der Waals surface area contributed by atoms with E-state index in [0.717, 1.165) is 31.4 Å². The molecule has 7 heteroatoms. The third kappa shape index (κ3) is 3.69. The van der Waals surface area contributed by atoms with E-state index in [-0.39, 0.29) is 5.02 Å². The number of rotatable bonds is 3. The fourth-order valence-electron chi connectivity index (χ4n) is 2.38. The van der Waals surface area contributed by atoms with Crippen molar-refractivity contribution in [3.63, 3.8) is 0 Å². The average molecular weight is 322 g/mol. The van der Waals surface area contributed by atoms with Gasteiger partial charge >= 0.3 is 0 Å². The highest BCUT2D eigenvalue weighted by Crippen LogP contribution is 2.22. The first-order valence-corrected chi connectivity index (χ1v) is 8.42. The molecule has 2 unspecified atom stereocenters. The Balaban J connectivity index is 2.21. The molecular weight excluding hydrogens is 305 g/mol. The Morgan fingerprint density at radius 1 is 1.25 bits per heavy atom. The fraction of sp³-hybridized carbons (Fsp3) is 0.538. The molecule has 1 aliphatic rings. The van der Waals surface area contributed by atoms with Crippen LogP contribution in [0.15, 0.2) is 23.1 Å². The molecule has 0 aliphatic heterocycles. The smallest absolute Gasteiger partial charge is 0.243 e. The first-order chi connectivity index (χ1) is 9.40. The molecule has 1 aliphatic carbocycles. The number of sulfonamides is 1. The highest BCUT2D eigenvalue weighted by atomic mass is 35.5. The van der Waals surface area contributed by atoms with Crippen molar-refractivity contribution in [3.8, 4) is 0 Å². The van der Waals surface area contributed by atoms with Crippen molar-refractivity contribution < 1.29 is 17.9 Å². The van der Waals surface area contributed by atoms with Gasteiger partial charge < -0.3 is 5.11 Å². The van der Waals surface area contributed by atoms with Crippen LogP contribution < -0.4 is 4.72 Å². The predicted octanol–water partition coefficient (Wildman–Crippen LogP) is 2.45. The van der Waals surface area contributed by atoms with Gasteiger partial charge in [-0.2, -0.15) is 0 Å². The molecule has 0 spiro atoms. The van der Waals surface area contributed by atoms with Gasteiger partial charge in [-0.1, -0.05) is 30.9 Å². The topological polar surface area (TPSA) is 66.4 Å². The van der Waals surface area contributed by atoms with Crippen molar-refractivity contribution in [1.29, 1.82) is 0 Å². The minimum Gasteiger partial charge on any atom is -0.391 e. The number of hydrogen-bond acceptors (Lipinski definition) is 3. The van der Waals surface area contributed by atoms with Crippen LogP contribution >= 0.6 is 11.6 Å².